The highest BCUT2D eigenvalue weighted by Crippen LogP contribution is 2.42. The third-order valence-electron chi connectivity index (χ3n) is 4.74. The lowest BCUT2D eigenvalue weighted by Crippen LogP contribution is -2.54. The van der Waals surface area contributed by atoms with E-state index in [2.05, 4.69) is 102 Å². The Morgan fingerprint density at radius 3 is 2.08 bits per heavy atom. The fourth-order valence-electron chi connectivity index (χ4n) is 3.42. The van der Waals surface area contributed by atoms with E-state index >= 15 is 0 Å². The van der Waals surface area contributed by atoms with E-state index < -0.39 is 0 Å². The molecule has 0 saturated carbocycles. The summed E-state index contributed by atoms with van der Waals surface area (Å²) in [4.78, 5) is 2.49. The van der Waals surface area contributed by atoms with Crippen molar-refractivity contribution in [2.24, 2.45) is 0 Å². The molecule has 3 aromatic rings. The first-order valence-corrected chi connectivity index (χ1v) is 8.53. The number of nitrogens with one attached hydrogen (secondary N) is 1. The number of hydrogen-bond donors (Lipinski definition) is 1. The van der Waals surface area contributed by atoms with Gasteiger partial charge in [-0.2, -0.15) is 0 Å². The fraction of sp³-hybridized carbons (Fsp3) is 0.182. The lowest BCUT2D eigenvalue weighted by molar-refractivity contribution is 0.375. The zero-order chi connectivity index (χ0) is 16.4. The number of rotatable bonds is 4. The van der Waals surface area contributed by atoms with Crippen LogP contribution in [0.2, 0.25) is 0 Å². The smallest absolute Gasteiger partial charge is 0.102 e. The summed E-state index contributed by atoms with van der Waals surface area (Å²) >= 11 is 0. The van der Waals surface area contributed by atoms with E-state index in [4.69, 9.17) is 0 Å². The fourth-order valence-corrected chi connectivity index (χ4v) is 3.42. The van der Waals surface area contributed by atoms with E-state index in [-0.39, 0.29) is 0 Å². The minimum atomic E-state index is 0.320. The summed E-state index contributed by atoms with van der Waals surface area (Å²) in [5.74, 6) is 0. The number of anilines is 2. The number of para-hydroxylation sites is 1. The molecule has 0 aromatic heterocycles. The van der Waals surface area contributed by atoms with Crippen LogP contribution in [0.15, 0.2) is 84.9 Å². The van der Waals surface area contributed by atoms with E-state index in [1.807, 2.05) is 0 Å². The molecule has 1 aliphatic heterocycles. The van der Waals surface area contributed by atoms with Crippen molar-refractivity contribution in [2.75, 3.05) is 10.2 Å². The maximum Gasteiger partial charge on any atom is 0.102 e. The second kappa shape index (κ2) is 6.40. The van der Waals surface area contributed by atoms with Gasteiger partial charge in [-0.15, -0.1) is 0 Å². The van der Waals surface area contributed by atoms with Crippen LogP contribution in [-0.4, -0.2) is 6.17 Å². The zero-order valence-electron chi connectivity index (χ0n) is 13.9. The molecular formula is C22H22N2. The summed E-state index contributed by atoms with van der Waals surface area (Å²) in [6.45, 7) is 2.13. The normalized spacial score (nSPS) is 19.6. The standard InChI is InChI=1S/C22H22N2/c1-17-12-14-20(15-13-17)24-21(18-8-4-2-5-9-18)16-22(24)23-19-10-6-3-7-11-19/h2-15,21-23H,16H2,1H3. The zero-order valence-corrected chi connectivity index (χ0v) is 13.9. The van der Waals surface area contributed by atoms with Crippen molar-refractivity contribution < 1.29 is 0 Å². The van der Waals surface area contributed by atoms with Gasteiger partial charge in [-0.1, -0.05) is 66.2 Å². The Labute approximate surface area is 143 Å². The topological polar surface area (TPSA) is 15.3 Å². The van der Waals surface area contributed by atoms with Crippen LogP contribution in [0.25, 0.3) is 0 Å². The highest BCUT2D eigenvalue weighted by Gasteiger charge is 2.39. The van der Waals surface area contributed by atoms with Gasteiger partial charge in [0.25, 0.3) is 0 Å². The van der Waals surface area contributed by atoms with Gasteiger partial charge in [0.2, 0.25) is 0 Å². The lowest BCUT2D eigenvalue weighted by Gasteiger charge is -2.51. The summed E-state index contributed by atoms with van der Waals surface area (Å²) in [5, 5.41) is 3.67. The van der Waals surface area contributed by atoms with Crippen LogP contribution >= 0.6 is 0 Å². The molecule has 1 aliphatic rings. The maximum absolute atomic E-state index is 3.67. The largest absolute Gasteiger partial charge is 0.365 e. The number of hydrogen-bond acceptors (Lipinski definition) is 2. The minimum Gasteiger partial charge on any atom is -0.365 e. The first-order chi connectivity index (χ1) is 11.8. The molecule has 2 unspecified atom stereocenters. The molecule has 24 heavy (non-hydrogen) atoms. The van der Waals surface area contributed by atoms with Crippen LogP contribution < -0.4 is 10.2 Å². The molecule has 1 fully saturated rings. The number of nitrogens with zero attached hydrogens (tertiary/aromatic N) is 1. The highest BCUT2D eigenvalue weighted by atomic mass is 15.3. The molecule has 0 bridgehead atoms. The Morgan fingerprint density at radius 2 is 1.42 bits per heavy atom. The van der Waals surface area contributed by atoms with Crippen molar-refractivity contribution in [2.45, 2.75) is 25.6 Å². The molecule has 2 atom stereocenters. The van der Waals surface area contributed by atoms with Crippen molar-refractivity contribution in [1.29, 1.82) is 0 Å². The molecule has 0 amide bonds. The molecule has 0 spiro atoms. The Balaban J connectivity index is 1.62. The van der Waals surface area contributed by atoms with E-state index in [9.17, 15) is 0 Å². The highest BCUT2D eigenvalue weighted by molar-refractivity contribution is 5.57. The Bertz CT molecular complexity index is 781. The summed E-state index contributed by atoms with van der Waals surface area (Å²) in [5.41, 5.74) is 5.12. The second-order valence-electron chi connectivity index (χ2n) is 6.43. The molecular weight excluding hydrogens is 292 g/mol. The van der Waals surface area contributed by atoms with Crippen LogP contribution in [0.5, 0.6) is 0 Å². The summed E-state index contributed by atoms with van der Waals surface area (Å²) < 4.78 is 0. The van der Waals surface area contributed by atoms with Crippen LogP contribution in [0.3, 0.4) is 0 Å². The minimum absolute atomic E-state index is 0.320. The van der Waals surface area contributed by atoms with Gasteiger partial charge in [0.1, 0.15) is 6.17 Å². The Morgan fingerprint density at radius 1 is 0.792 bits per heavy atom. The van der Waals surface area contributed by atoms with E-state index in [1.54, 1.807) is 0 Å². The van der Waals surface area contributed by atoms with Gasteiger partial charge in [0, 0.05) is 17.8 Å². The van der Waals surface area contributed by atoms with E-state index in [1.165, 1.54) is 22.5 Å². The molecule has 1 N–H and O–H groups in total. The SMILES string of the molecule is Cc1ccc(N2C(Nc3ccccc3)CC2c2ccccc2)cc1. The Kier molecular flexibility index (Phi) is 3.96. The molecule has 0 radical (unpaired) electrons. The molecule has 0 aliphatic carbocycles. The lowest BCUT2D eigenvalue weighted by atomic mass is 9.90. The van der Waals surface area contributed by atoms with Gasteiger partial charge in [-0.3, -0.25) is 0 Å². The summed E-state index contributed by atoms with van der Waals surface area (Å²) in [6, 6.07) is 30.5. The van der Waals surface area contributed by atoms with Gasteiger partial charge >= 0.3 is 0 Å². The van der Waals surface area contributed by atoms with Gasteiger partial charge in [0.05, 0.1) is 6.04 Å². The van der Waals surface area contributed by atoms with Gasteiger partial charge < -0.3 is 10.2 Å². The first kappa shape index (κ1) is 14.8. The first-order valence-electron chi connectivity index (χ1n) is 8.53. The predicted molar refractivity (Wildman–Crippen MR) is 101 cm³/mol. The van der Waals surface area contributed by atoms with Crippen molar-refractivity contribution in [3.63, 3.8) is 0 Å². The Hall–Kier alpha value is -2.74. The van der Waals surface area contributed by atoms with Crippen LogP contribution in [-0.2, 0) is 0 Å². The predicted octanol–water partition coefficient (Wildman–Crippen LogP) is 5.38. The quantitative estimate of drug-likeness (QED) is 0.695. The molecule has 4 rings (SSSR count). The molecule has 3 aromatic carbocycles. The van der Waals surface area contributed by atoms with Gasteiger partial charge in [-0.05, 0) is 36.8 Å². The third-order valence-corrected chi connectivity index (χ3v) is 4.74. The van der Waals surface area contributed by atoms with Crippen molar-refractivity contribution in [3.8, 4) is 0 Å². The summed E-state index contributed by atoms with van der Waals surface area (Å²) in [6.07, 6.45) is 1.42. The maximum atomic E-state index is 3.67. The molecule has 120 valence electrons. The van der Waals surface area contributed by atoms with Crippen LogP contribution in [0, 0.1) is 6.92 Å². The van der Waals surface area contributed by atoms with Gasteiger partial charge in [-0.25, -0.2) is 0 Å². The third kappa shape index (κ3) is 2.88. The summed E-state index contributed by atoms with van der Waals surface area (Å²) in [7, 11) is 0. The van der Waals surface area contributed by atoms with Crippen molar-refractivity contribution in [1.82, 2.24) is 0 Å². The van der Waals surface area contributed by atoms with E-state index in [0.717, 1.165) is 6.42 Å². The monoisotopic (exact) mass is 314 g/mol. The van der Waals surface area contributed by atoms with Crippen LogP contribution in [0.4, 0.5) is 11.4 Å². The second-order valence-corrected chi connectivity index (χ2v) is 6.43. The molecule has 2 nitrogen and oxygen atoms in total. The molecule has 2 heteroatoms. The van der Waals surface area contributed by atoms with Crippen LogP contribution in [0.1, 0.15) is 23.6 Å². The van der Waals surface area contributed by atoms with E-state index in [0.29, 0.717) is 12.2 Å². The number of benzene rings is 3. The number of aryl methyl sites for hydroxylation is 1. The average molecular weight is 314 g/mol. The van der Waals surface area contributed by atoms with Crippen molar-refractivity contribution >= 4 is 11.4 Å². The molecule has 1 heterocycles. The van der Waals surface area contributed by atoms with Crippen molar-refractivity contribution in [3.05, 3.63) is 96.1 Å². The molecule has 1 saturated heterocycles. The average Bonchev–Trinajstić information content (AvgIpc) is 2.62. The van der Waals surface area contributed by atoms with Gasteiger partial charge in [0.15, 0.2) is 0 Å².